The molecule has 0 saturated carbocycles. The first kappa shape index (κ1) is 67.2. The maximum atomic E-state index is 12.9. The minimum absolute atomic E-state index is 0.0527. The number of allylic oxidation sites excluding steroid dienone is 17. The Morgan fingerprint density at radius 1 is 0.500 bits per heavy atom. The van der Waals surface area contributed by atoms with Crippen molar-refractivity contribution in [3.8, 4) is 0 Å². The Morgan fingerprint density at radius 2 is 0.871 bits per heavy atom. The molecule has 0 aliphatic heterocycles. The molecule has 0 spiro atoms. The number of unbranched alkanes of at least 4 members (excludes halogenated alkanes) is 21. The van der Waals surface area contributed by atoms with Gasteiger partial charge in [0.25, 0.3) is 0 Å². The third-order valence-electron chi connectivity index (χ3n) is 12.0. The van der Waals surface area contributed by atoms with Gasteiger partial charge in [0.2, 0.25) is 5.91 Å². The number of nitrogens with zero attached hydrogens (tertiary/aromatic N) is 1. The van der Waals surface area contributed by atoms with E-state index in [0.717, 1.165) is 83.5 Å². The van der Waals surface area contributed by atoms with Gasteiger partial charge in [0.05, 0.1) is 39.9 Å². The van der Waals surface area contributed by atoms with E-state index in [4.69, 9.17) is 9.05 Å². The van der Waals surface area contributed by atoms with Crippen molar-refractivity contribution in [2.45, 2.75) is 231 Å². The third-order valence-corrected chi connectivity index (χ3v) is 13.0. The first-order chi connectivity index (χ1) is 34.0. The fourth-order valence-corrected chi connectivity index (χ4v) is 8.30. The van der Waals surface area contributed by atoms with Crippen molar-refractivity contribution in [1.82, 2.24) is 5.32 Å². The van der Waals surface area contributed by atoms with Crippen LogP contribution < -0.4 is 5.32 Å². The van der Waals surface area contributed by atoms with E-state index in [9.17, 15) is 19.4 Å². The van der Waals surface area contributed by atoms with Crippen LogP contribution in [-0.4, -0.2) is 73.4 Å². The van der Waals surface area contributed by atoms with E-state index in [0.29, 0.717) is 17.4 Å². The van der Waals surface area contributed by atoms with Gasteiger partial charge in [0.1, 0.15) is 13.2 Å². The molecule has 0 saturated heterocycles. The number of aliphatic hydroxyl groups excluding tert-OH is 1. The lowest BCUT2D eigenvalue weighted by Crippen LogP contribution is -2.45. The number of hydrogen-bond donors (Lipinski definition) is 3. The molecule has 0 heterocycles. The summed E-state index contributed by atoms with van der Waals surface area (Å²) < 4.78 is 23.5. The molecule has 0 bridgehead atoms. The van der Waals surface area contributed by atoms with Crippen LogP contribution in [0.25, 0.3) is 0 Å². The molecule has 70 heavy (non-hydrogen) atoms. The van der Waals surface area contributed by atoms with E-state index in [1.807, 2.05) is 27.2 Å². The lowest BCUT2D eigenvalue weighted by atomic mass is 10.0. The second-order valence-corrected chi connectivity index (χ2v) is 21.4. The maximum Gasteiger partial charge on any atom is 0.472 e. The zero-order valence-electron chi connectivity index (χ0n) is 45.7. The number of carbonyl (C=O) groups is 1. The quantitative estimate of drug-likeness (QED) is 0.0243. The fraction of sp³-hybridized carbons (Fsp3) is 0.689. The molecule has 0 aliphatic rings. The van der Waals surface area contributed by atoms with Crippen LogP contribution in [0.5, 0.6) is 0 Å². The van der Waals surface area contributed by atoms with Gasteiger partial charge in [-0.3, -0.25) is 13.8 Å². The summed E-state index contributed by atoms with van der Waals surface area (Å²) in [5.74, 6) is -0.192. The highest BCUT2D eigenvalue weighted by Crippen LogP contribution is 2.43. The van der Waals surface area contributed by atoms with Crippen molar-refractivity contribution in [3.05, 3.63) is 109 Å². The number of hydrogen-bond acceptors (Lipinski definition) is 5. The predicted molar refractivity (Wildman–Crippen MR) is 304 cm³/mol. The molecule has 9 heteroatoms. The standard InChI is InChI=1S/C61H107N2O6P/c1-6-8-10-12-14-16-17-18-19-20-21-22-23-24-25-26-27-28-29-30-31-32-33-34-35-36-37-38-39-40-41-42-43-44-45-47-49-51-53-55-61(65)62-59(58-69-70(66,67)68-57-56-63(3,4)5)60(64)54-52-50-48-46-15-13-11-9-7-2/h8,10,14-16,18-19,21-22,24-25,27-28,30-31,46,52,54,59-60,64H,6-7,9,11-13,17,20,23,26,29,32-45,47-51,53,55-58H2,1-5H3,(H-,62,65,66,67)/p+1/b10-8-,16-14-,19-18-,22-21-,25-24-,28-27-,31-30-,46-15+,54-52+. The Labute approximate surface area is 431 Å². The summed E-state index contributed by atoms with van der Waals surface area (Å²) in [6, 6.07) is -0.865. The van der Waals surface area contributed by atoms with Gasteiger partial charge in [-0.15, -0.1) is 0 Å². The molecule has 0 rings (SSSR count). The molecule has 0 aromatic heterocycles. The molecule has 402 valence electrons. The predicted octanol–water partition coefficient (Wildman–Crippen LogP) is 17.2. The number of aliphatic hydroxyl groups is 1. The molecule has 3 N–H and O–H groups in total. The minimum Gasteiger partial charge on any atom is -0.387 e. The first-order valence-electron chi connectivity index (χ1n) is 28.3. The van der Waals surface area contributed by atoms with E-state index in [1.54, 1.807) is 6.08 Å². The van der Waals surface area contributed by atoms with Gasteiger partial charge in [0.15, 0.2) is 0 Å². The third kappa shape index (κ3) is 53.0. The average molecular weight is 997 g/mol. The average Bonchev–Trinajstić information content (AvgIpc) is 3.32. The van der Waals surface area contributed by atoms with Crippen molar-refractivity contribution in [2.24, 2.45) is 0 Å². The Bertz CT molecular complexity index is 1500. The molecule has 0 fully saturated rings. The van der Waals surface area contributed by atoms with E-state index in [-0.39, 0.29) is 19.1 Å². The Balaban J connectivity index is 3.93. The van der Waals surface area contributed by atoms with E-state index in [2.05, 4.69) is 116 Å². The van der Waals surface area contributed by atoms with Crippen LogP contribution in [-0.2, 0) is 18.4 Å². The van der Waals surface area contributed by atoms with Crippen molar-refractivity contribution >= 4 is 13.7 Å². The second kappa shape index (κ2) is 51.1. The van der Waals surface area contributed by atoms with E-state index >= 15 is 0 Å². The van der Waals surface area contributed by atoms with Crippen molar-refractivity contribution < 1.29 is 32.9 Å². The Kier molecular flexibility index (Phi) is 49.0. The number of nitrogens with one attached hydrogen (secondary N) is 1. The Morgan fingerprint density at radius 3 is 1.31 bits per heavy atom. The number of phosphoric ester groups is 1. The lowest BCUT2D eigenvalue weighted by Gasteiger charge is -2.25. The second-order valence-electron chi connectivity index (χ2n) is 19.9. The van der Waals surface area contributed by atoms with Gasteiger partial charge in [-0.05, 0) is 89.9 Å². The smallest absolute Gasteiger partial charge is 0.387 e. The van der Waals surface area contributed by atoms with Gasteiger partial charge in [0, 0.05) is 6.42 Å². The Hall–Kier alpha value is -2.84. The first-order valence-corrected chi connectivity index (χ1v) is 29.8. The summed E-state index contributed by atoms with van der Waals surface area (Å²) >= 11 is 0. The van der Waals surface area contributed by atoms with Crippen LogP contribution in [0.2, 0.25) is 0 Å². The zero-order chi connectivity index (χ0) is 51.3. The number of carbonyl (C=O) groups excluding carboxylic acids is 1. The highest BCUT2D eigenvalue weighted by molar-refractivity contribution is 7.47. The minimum atomic E-state index is -4.35. The molecular formula is C61H108N2O6P+. The molecule has 0 aromatic rings. The summed E-state index contributed by atoms with van der Waals surface area (Å²) in [6.45, 7) is 4.61. The van der Waals surface area contributed by atoms with Crippen LogP contribution in [0.1, 0.15) is 219 Å². The van der Waals surface area contributed by atoms with Gasteiger partial charge in [-0.1, -0.05) is 232 Å². The number of rotatable bonds is 50. The highest BCUT2D eigenvalue weighted by atomic mass is 31.2. The topological polar surface area (TPSA) is 105 Å². The number of phosphoric acid groups is 1. The SMILES string of the molecule is CC/C=C\C/C=C\C/C=C\C/C=C\C/C=C\C/C=C\C/C=C\CCCCCCCCCCCCCCCCCCCC(=O)NC(COP(=O)(O)OCC[N+](C)(C)C)C(O)/C=C/CC/C=C/CCCCC. The van der Waals surface area contributed by atoms with Crippen LogP contribution >= 0.6 is 7.82 Å². The summed E-state index contributed by atoms with van der Waals surface area (Å²) in [6.07, 6.45) is 75.1. The number of amides is 1. The summed E-state index contributed by atoms with van der Waals surface area (Å²) in [5.41, 5.74) is 0. The fourth-order valence-electron chi connectivity index (χ4n) is 7.57. The van der Waals surface area contributed by atoms with Crippen LogP contribution in [0, 0.1) is 0 Å². The summed E-state index contributed by atoms with van der Waals surface area (Å²) in [5, 5.41) is 13.8. The molecular weight excluding hydrogens is 888 g/mol. The zero-order valence-corrected chi connectivity index (χ0v) is 46.6. The van der Waals surface area contributed by atoms with Gasteiger partial charge < -0.3 is 19.8 Å². The molecule has 8 nitrogen and oxygen atoms in total. The molecule has 1 amide bonds. The normalized spacial score (nSPS) is 14.8. The largest absolute Gasteiger partial charge is 0.472 e. The van der Waals surface area contributed by atoms with E-state index < -0.39 is 20.0 Å². The summed E-state index contributed by atoms with van der Waals surface area (Å²) in [4.78, 5) is 23.1. The van der Waals surface area contributed by atoms with Gasteiger partial charge in [-0.2, -0.15) is 0 Å². The molecule has 3 unspecified atom stereocenters. The van der Waals surface area contributed by atoms with Crippen LogP contribution in [0.15, 0.2) is 109 Å². The molecule has 0 aromatic carbocycles. The number of quaternary nitrogens is 1. The number of likely N-dealkylation sites (N-methyl/N-ethyl adjacent to an activating group) is 1. The van der Waals surface area contributed by atoms with Crippen molar-refractivity contribution in [1.29, 1.82) is 0 Å². The van der Waals surface area contributed by atoms with Crippen LogP contribution in [0.3, 0.4) is 0 Å². The van der Waals surface area contributed by atoms with Crippen molar-refractivity contribution in [3.63, 3.8) is 0 Å². The van der Waals surface area contributed by atoms with Crippen molar-refractivity contribution in [2.75, 3.05) is 40.9 Å². The van der Waals surface area contributed by atoms with Crippen LogP contribution in [0.4, 0.5) is 0 Å². The molecule has 3 atom stereocenters. The highest BCUT2D eigenvalue weighted by Gasteiger charge is 2.27. The van der Waals surface area contributed by atoms with Gasteiger partial charge in [-0.25, -0.2) is 4.57 Å². The summed E-state index contributed by atoms with van der Waals surface area (Å²) in [7, 11) is 1.54. The lowest BCUT2D eigenvalue weighted by molar-refractivity contribution is -0.870. The maximum absolute atomic E-state index is 12.9. The molecule has 0 aliphatic carbocycles. The monoisotopic (exact) mass is 996 g/mol. The van der Waals surface area contributed by atoms with E-state index in [1.165, 1.54) is 116 Å². The van der Waals surface area contributed by atoms with Gasteiger partial charge >= 0.3 is 7.82 Å². The molecule has 0 radical (unpaired) electrons.